The quantitative estimate of drug-likeness (QED) is 0.588. The van der Waals surface area contributed by atoms with Crippen LogP contribution in [-0.4, -0.2) is 37.6 Å². The highest BCUT2D eigenvalue weighted by atomic mass is 16.6. The Hall–Kier alpha value is -1.88. The summed E-state index contributed by atoms with van der Waals surface area (Å²) in [6, 6.07) is 8.09. The molecule has 0 aliphatic carbocycles. The van der Waals surface area contributed by atoms with Crippen molar-refractivity contribution >= 4 is 11.8 Å². The Morgan fingerprint density at radius 3 is 2.26 bits per heavy atom. The molecule has 152 valence electrons. The number of benzene rings is 1. The van der Waals surface area contributed by atoms with Crippen LogP contribution in [0.1, 0.15) is 65.9 Å². The largest absolute Gasteiger partial charge is 0.482 e. The van der Waals surface area contributed by atoms with Gasteiger partial charge >= 0.3 is 5.97 Å². The topological polar surface area (TPSA) is 64.6 Å². The Morgan fingerprint density at radius 1 is 1.11 bits per heavy atom. The van der Waals surface area contributed by atoms with Crippen molar-refractivity contribution in [3.05, 3.63) is 29.8 Å². The molecule has 0 aliphatic rings. The molecule has 1 N–H and O–H groups in total. The third kappa shape index (κ3) is 8.12. The monoisotopic (exact) mass is 377 g/mol. The molecule has 27 heavy (non-hydrogen) atoms. The molecule has 0 saturated heterocycles. The number of hydrogen-bond donors (Lipinski definition) is 1. The average molecular weight is 378 g/mol. The Labute approximate surface area is 163 Å². The van der Waals surface area contributed by atoms with Gasteiger partial charge in [-0.1, -0.05) is 39.8 Å². The summed E-state index contributed by atoms with van der Waals surface area (Å²) in [6.45, 7) is 12.9. The van der Waals surface area contributed by atoms with Crippen molar-refractivity contribution in [3.8, 4) is 5.75 Å². The molecule has 1 aromatic rings. The lowest BCUT2D eigenvalue weighted by atomic mass is 9.88. The van der Waals surface area contributed by atoms with E-state index in [0.717, 1.165) is 6.42 Å². The van der Waals surface area contributed by atoms with Crippen LogP contribution in [0.5, 0.6) is 5.75 Å². The molecule has 0 amide bonds. The molecule has 0 saturated carbocycles. The first-order valence-electron chi connectivity index (χ1n) is 9.84. The maximum Gasteiger partial charge on any atom is 0.344 e. The second-order valence-corrected chi connectivity index (χ2v) is 7.84. The second-order valence-electron chi connectivity index (χ2n) is 7.84. The summed E-state index contributed by atoms with van der Waals surface area (Å²) >= 11 is 0. The molecule has 0 heterocycles. The zero-order valence-corrected chi connectivity index (χ0v) is 17.6. The maximum atomic E-state index is 12.1. The van der Waals surface area contributed by atoms with Crippen LogP contribution in [0.3, 0.4) is 0 Å². The second kappa shape index (κ2) is 11.1. The summed E-state index contributed by atoms with van der Waals surface area (Å²) in [5.41, 5.74) is 0.928. The highest BCUT2D eigenvalue weighted by Crippen LogP contribution is 2.25. The Balaban J connectivity index is 2.56. The van der Waals surface area contributed by atoms with Crippen molar-refractivity contribution in [1.82, 2.24) is 5.32 Å². The molecule has 5 heteroatoms. The summed E-state index contributed by atoms with van der Waals surface area (Å²) in [6.07, 6.45) is 1.54. The summed E-state index contributed by atoms with van der Waals surface area (Å²) < 4.78 is 10.3. The van der Waals surface area contributed by atoms with E-state index in [1.54, 1.807) is 6.92 Å². The number of nitrogens with one attached hydrogen (secondary N) is 1. The predicted octanol–water partition coefficient (Wildman–Crippen LogP) is 4.11. The SMILES string of the molecule is CCOC(=O)COc1ccc(C(CC)C(C)NCCC(=O)C(C)(C)C)cc1. The lowest BCUT2D eigenvalue weighted by Gasteiger charge is -2.25. The minimum absolute atomic E-state index is 0.0792. The van der Waals surface area contributed by atoms with E-state index in [4.69, 9.17) is 9.47 Å². The van der Waals surface area contributed by atoms with Crippen molar-refractivity contribution in [2.24, 2.45) is 5.41 Å². The minimum atomic E-state index is -0.365. The van der Waals surface area contributed by atoms with Crippen molar-refractivity contribution in [2.75, 3.05) is 19.8 Å². The highest BCUT2D eigenvalue weighted by molar-refractivity contribution is 5.83. The Kier molecular flexibility index (Phi) is 9.50. The number of ketones is 1. The molecular weight excluding hydrogens is 342 g/mol. The van der Waals surface area contributed by atoms with E-state index in [2.05, 4.69) is 19.2 Å². The zero-order chi connectivity index (χ0) is 20.4. The first kappa shape index (κ1) is 23.2. The summed E-state index contributed by atoms with van der Waals surface area (Å²) in [5.74, 6) is 0.904. The van der Waals surface area contributed by atoms with E-state index >= 15 is 0 Å². The first-order chi connectivity index (χ1) is 12.7. The number of carbonyl (C=O) groups excluding carboxylic acids is 2. The lowest BCUT2D eigenvalue weighted by molar-refractivity contribution is -0.145. The van der Waals surface area contributed by atoms with Gasteiger partial charge in [0.25, 0.3) is 0 Å². The third-order valence-corrected chi connectivity index (χ3v) is 4.67. The summed E-state index contributed by atoms with van der Waals surface area (Å²) in [5, 5.41) is 3.49. The van der Waals surface area contributed by atoms with Gasteiger partial charge in [0.1, 0.15) is 11.5 Å². The molecule has 2 atom stereocenters. The van der Waals surface area contributed by atoms with E-state index in [0.29, 0.717) is 31.2 Å². The van der Waals surface area contributed by atoms with Gasteiger partial charge in [0.15, 0.2) is 6.61 Å². The Morgan fingerprint density at radius 2 is 1.74 bits per heavy atom. The number of rotatable bonds is 11. The number of hydrogen-bond acceptors (Lipinski definition) is 5. The van der Waals surface area contributed by atoms with E-state index in [-0.39, 0.29) is 29.8 Å². The van der Waals surface area contributed by atoms with Crippen LogP contribution < -0.4 is 10.1 Å². The standard InChI is InChI=1S/C22H35NO4/c1-7-19(16(3)23-14-13-20(24)22(4,5)6)17-9-11-18(12-10-17)27-15-21(25)26-8-2/h9-12,16,19,23H,7-8,13-15H2,1-6H3. The minimum Gasteiger partial charge on any atom is -0.482 e. The molecule has 0 spiro atoms. The van der Waals surface area contributed by atoms with Gasteiger partial charge < -0.3 is 14.8 Å². The fourth-order valence-electron chi connectivity index (χ4n) is 2.96. The van der Waals surface area contributed by atoms with Crippen LogP contribution >= 0.6 is 0 Å². The zero-order valence-electron chi connectivity index (χ0n) is 17.6. The van der Waals surface area contributed by atoms with Crippen LogP contribution in [0.25, 0.3) is 0 Å². The molecule has 1 rings (SSSR count). The van der Waals surface area contributed by atoms with Crippen LogP contribution in [-0.2, 0) is 14.3 Å². The van der Waals surface area contributed by atoms with Gasteiger partial charge in [0.05, 0.1) is 6.61 Å². The lowest BCUT2D eigenvalue weighted by Crippen LogP contribution is -2.35. The molecule has 0 radical (unpaired) electrons. The van der Waals surface area contributed by atoms with Gasteiger partial charge in [0, 0.05) is 24.4 Å². The number of Topliss-reactive ketones (excluding diaryl/α,β-unsaturated/α-hetero) is 1. The summed E-state index contributed by atoms with van der Waals surface area (Å²) in [4.78, 5) is 23.4. The fraction of sp³-hybridized carbons (Fsp3) is 0.636. The van der Waals surface area contributed by atoms with Gasteiger partial charge in [-0.15, -0.1) is 0 Å². The molecular formula is C22H35NO4. The van der Waals surface area contributed by atoms with Gasteiger partial charge in [-0.25, -0.2) is 4.79 Å². The van der Waals surface area contributed by atoms with E-state index in [1.807, 2.05) is 45.0 Å². The van der Waals surface area contributed by atoms with E-state index < -0.39 is 0 Å². The van der Waals surface area contributed by atoms with Gasteiger partial charge in [-0.3, -0.25) is 4.79 Å². The normalized spacial score (nSPS) is 13.7. The van der Waals surface area contributed by atoms with Crippen LogP contribution in [0, 0.1) is 5.41 Å². The van der Waals surface area contributed by atoms with Crippen LogP contribution in [0.15, 0.2) is 24.3 Å². The van der Waals surface area contributed by atoms with Crippen molar-refractivity contribution in [2.45, 2.75) is 66.3 Å². The highest BCUT2D eigenvalue weighted by Gasteiger charge is 2.22. The number of esters is 1. The molecule has 0 aliphatic heterocycles. The van der Waals surface area contributed by atoms with Crippen LogP contribution in [0.2, 0.25) is 0 Å². The molecule has 0 bridgehead atoms. The fourth-order valence-corrected chi connectivity index (χ4v) is 2.96. The Bertz CT molecular complexity index is 589. The first-order valence-corrected chi connectivity index (χ1v) is 9.84. The van der Waals surface area contributed by atoms with Crippen molar-refractivity contribution < 1.29 is 19.1 Å². The number of ether oxygens (including phenoxy) is 2. The van der Waals surface area contributed by atoms with Crippen LogP contribution in [0.4, 0.5) is 0 Å². The smallest absolute Gasteiger partial charge is 0.344 e. The van der Waals surface area contributed by atoms with Crippen molar-refractivity contribution in [1.29, 1.82) is 0 Å². The molecule has 0 aromatic heterocycles. The predicted molar refractivity (Wildman–Crippen MR) is 108 cm³/mol. The molecule has 5 nitrogen and oxygen atoms in total. The molecule has 2 unspecified atom stereocenters. The summed E-state index contributed by atoms with van der Waals surface area (Å²) in [7, 11) is 0. The van der Waals surface area contributed by atoms with Gasteiger partial charge in [-0.05, 0) is 43.9 Å². The van der Waals surface area contributed by atoms with E-state index in [9.17, 15) is 9.59 Å². The average Bonchev–Trinajstić information content (AvgIpc) is 2.61. The van der Waals surface area contributed by atoms with Crippen molar-refractivity contribution in [3.63, 3.8) is 0 Å². The van der Waals surface area contributed by atoms with Gasteiger partial charge in [-0.2, -0.15) is 0 Å². The maximum absolute atomic E-state index is 12.1. The van der Waals surface area contributed by atoms with Gasteiger partial charge in [0.2, 0.25) is 0 Å². The number of carbonyl (C=O) groups is 2. The van der Waals surface area contributed by atoms with E-state index in [1.165, 1.54) is 5.56 Å². The molecule has 1 aromatic carbocycles. The third-order valence-electron chi connectivity index (χ3n) is 4.67. The molecule has 0 fully saturated rings.